The summed E-state index contributed by atoms with van der Waals surface area (Å²) in [5.41, 5.74) is 14.5. The number of nitrogens with zero attached hydrogens (tertiary/aromatic N) is 1. The van der Waals surface area contributed by atoms with Crippen molar-refractivity contribution >= 4 is 82.5 Å². The number of rotatable bonds is 4. The molecule has 2 heterocycles. The molecule has 0 atom stereocenters. The maximum atomic E-state index is 6.67. The number of hydrogen-bond acceptors (Lipinski definition) is 3. The van der Waals surface area contributed by atoms with Crippen molar-refractivity contribution < 1.29 is 8.83 Å². The summed E-state index contributed by atoms with van der Waals surface area (Å²) in [6, 6.07) is 59.3. The Morgan fingerprint density at radius 1 is 0.407 bits per heavy atom. The summed E-state index contributed by atoms with van der Waals surface area (Å²) in [6.45, 7) is 4.69. The van der Waals surface area contributed by atoms with Crippen LogP contribution in [0.2, 0.25) is 0 Å². The largest absolute Gasteiger partial charge is 0.456 e. The molecule has 9 aromatic carbocycles. The average Bonchev–Trinajstić information content (AvgIpc) is 3.85. The third-order valence-corrected chi connectivity index (χ3v) is 12.0. The van der Waals surface area contributed by atoms with Crippen LogP contribution in [0.1, 0.15) is 25.0 Å². The van der Waals surface area contributed by atoms with Crippen LogP contribution < -0.4 is 4.90 Å². The van der Waals surface area contributed by atoms with Crippen LogP contribution in [0, 0.1) is 0 Å². The molecule has 0 saturated heterocycles. The molecular weight excluding hydrogens is 659 g/mol. The van der Waals surface area contributed by atoms with Crippen LogP contribution in [0.4, 0.5) is 17.1 Å². The van der Waals surface area contributed by atoms with Crippen molar-refractivity contribution in [2.75, 3.05) is 4.90 Å². The Morgan fingerprint density at radius 3 is 1.80 bits per heavy atom. The van der Waals surface area contributed by atoms with E-state index in [1.807, 2.05) is 0 Å². The SMILES string of the molecule is CC1(C)c2ccccc2-c2c(N(c3ccc(-c4ccccc4)cc3)c3ccc4oc5cc6c(cc5c4c3)c3cccc4oc5cccc6c5c43)cccc21. The normalized spacial score (nSPS) is 13.5. The molecule has 0 radical (unpaired) electrons. The Hall–Kier alpha value is -6.84. The van der Waals surface area contributed by atoms with Gasteiger partial charge in [0.05, 0.1) is 5.69 Å². The standard InChI is InChI=1S/C51H33NO2/c1-51(2)41-16-7-6-13-36(41)48-42(51)17-10-18-43(48)52(32-23-21-31(22-24-32)30-11-4-3-5-12-30)33-25-26-44-39(27-33)40-28-37-34-14-8-19-45-49(34)50-35(15-9-20-46(50)54-45)38(37)29-47(40)53-44/h3-29H,1-2H3. The highest BCUT2D eigenvalue weighted by molar-refractivity contribution is 6.34. The van der Waals surface area contributed by atoms with E-state index in [1.54, 1.807) is 0 Å². The molecule has 0 saturated carbocycles. The molecule has 0 unspecified atom stereocenters. The molecule has 0 bridgehead atoms. The molecule has 0 amide bonds. The molecule has 54 heavy (non-hydrogen) atoms. The highest BCUT2D eigenvalue weighted by Crippen LogP contribution is 2.54. The van der Waals surface area contributed by atoms with Gasteiger partial charge in [0.1, 0.15) is 22.3 Å². The third kappa shape index (κ3) is 3.96. The number of benzene rings is 9. The highest BCUT2D eigenvalue weighted by atomic mass is 16.3. The Balaban J connectivity index is 1.11. The van der Waals surface area contributed by atoms with Gasteiger partial charge in [-0.2, -0.15) is 0 Å². The lowest BCUT2D eigenvalue weighted by Gasteiger charge is -2.29. The van der Waals surface area contributed by atoms with Crippen molar-refractivity contribution in [3.63, 3.8) is 0 Å². The number of hydrogen-bond donors (Lipinski definition) is 0. The first-order valence-electron chi connectivity index (χ1n) is 18.7. The number of furan rings is 2. The Labute approximate surface area is 311 Å². The second kappa shape index (κ2) is 10.6. The molecule has 11 aromatic rings. The van der Waals surface area contributed by atoms with Gasteiger partial charge in [0.25, 0.3) is 0 Å². The van der Waals surface area contributed by atoms with Gasteiger partial charge in [-0.3, -0.25) is 0 Å². The third-order valence-electron chi connectivity index (χ3n) is 12.0. The van der Waals surface area contributed by atoms with Crippen molar-refractivity contribution in [3.05, 3.63) is 175 Å². The van der Waals surface area contributed by atoms with Gasteiger partial charge in [0, 0.05) is 43.9 Å². The van der Waals surface area contributed by atoms with Crippen LogP contribution in [-0.2, 0) is 5.41 Å². The summed E-state index contributed by atoms with van der Waals surface area (Å²) < 4.78 is 13.0. The molecule has 3 heteroatoms. The quantitative estimate of drug-likeness (QED) is 0.172. The molecule has 0 aliphatic heterocycles. The van der Waals surface area contributed by atoms with Crippen LogP contribution in [-0.4, -0.2) is 0 Å². The van der Waals surface area contributed by atoms with Crippen LogP contribution in [0.3, 0.4) is 0 Å². The Kier molecular flexibility index (Phi) is 5.84. The molecule has 3 nitrogen and oxygen atoms in total. The second-order valence-electron chi connectivity index (χ2n) is 15.3. The summed E-state index contributed by atoms with van der Waals surface area (Å²) in [6.07, 6.45) is 0. The van der Waals surface area contributed by atoms with Crippen molar-refractivity contribution in [1.82, 2.24) is 0 Å². The fourth-order valence-corrected chi connectivity index (χ4v) is 9.49. The van der Waals surface area contributed by atoms with E-state index in [0.717, 1.165) is 50.2 Å². The molecule has 254 valence electrons. The summed E-state index contributed by atoms with van der Waals surface area (Å²) in [7, 11) is 0. The van der Waals surface area contributed by atoms with Crippen LogP contribution in [0.25, 0.3) is 87.7 Å². The number of anilines is 3. The van der Waals surface area contributed by atoms with Gasteiger partial charge in [-0.1, -0.05) is 117 Å². The minimum atomic E-state index is -0.114. The topological polar surface area (TPSA) is 29.5 Å². The summed E-state index contributed by atoms with van der Waals surface area (Å²) in [4.78, 5) is 2.43. The molecule has 0 fully saturated rings. The first kappa shape index (κ1) is 29.7. The maximum Gasteiger partial charge on any atom is 0.136 e. The summed E-state index contributed by atoms with van der Waals surface area (Å²) in [5.74, 6) is 0. The monoisotopic (exact) mass is 691 g/mol. The minimum Gasteiger partial charge on any atom is -0.456 e. The lowest BCUT2D eigenvalue weighted by atomic mass is 9.82. The summed E-state index contributed by atoms with van der Waals surface area (Å²) >= 11 is 0. The van der Waals surface area contributed by atoms with Crippen LogP contribution >= 0.6 is 0 Å². The lowest BCUT2D eigenvalue weighted by molar-refractivity contribution is 0.660. The zero-order chi connectivity index (χ0) is 35.7. The highest BCUT2D eigenvalue weighted by Gasteiger charge is 2.37. The van der Waals surface area contributed by atoms with Gasteiger partial charge in [-0.15, -0.1) is 0 Å². The van der Waals surface area contributed by atoms with E-state index in [0.29, 0.717) is 0 Å². The second-order valence-corrected chi connectivity index (χ2v) is 15.3. The van der Waals surface area contributed by atoms with Gasteiger partial charge >= 0.3 is 0 Å². The van der Waals surface area contributed by atoms with Crippen molar-refractivity contribution in [2.24, 2.45) is 0 Å². The molecule has 0 spiro atoms. The van der Waals surface area contributed by atoms with E-state index in [1.165, 1.54) is 65.7 Å². The van der Waals surface area contributed by atoms with Crippen LogP contribution in [0.5, 0.6) is 0 Å². The van der Waals surface area contributed by atoms with Crippen molar-refractivity contribution in [2.45, 2.75) is 19.3 Å². The Morgan fingerprint density at radius 2 is 1.02 bits per heavy atom. The van der Waals surface area contributed by atoms with Crippen LogP contribution in [0.15, 0.2) is 173 Å². The molecular formula is C51H33NO2. The fraction of sp³-hybridized carbons (Fsp3) is 0.0588. The van der Waals surface area contributed by atoms with E-state index >= 15 is 0 Å². The summed E-state index contributed by atoms with van der Waals surface area (Å²) in [5, 5.41) is 9.34. The first-order valence-corrected chi connectivity index (χ1v) is 18.7. The van der Waals surface area contributed by atoms with Gasteiger partial charge in [0.15, 0.2) is 0 Å². The van der Waals surface area contributed by atoms with Crippen molar-refractivity contribution in [1.29, 1.82) is 0 Å². The molecule has 2 aromatic heterocycles. The minimum absolute atomic E-state index is 0.114. The van der Waals surface area contributed by atoms with Gasteiger partial charge in [-0.25, -0.2) is 0 Å². The van der Waals surface area contributed by atoms with Crippen molar-refractivity contribution in [3.8, 4) is 22.3 Å². The molecule has 1 aliphatic rings. The zero-order valence-corrected chi connectivity index (χ0v) is 29.9. The smallest absolute Gasteiger partial charge is 0.136 e. The zero-order valence-electron chi connectivity index (χ0n) is 29.9. The Bertz CT molecular complexity index is 3290. The lowest BCUT2D eigenvalue weighted by Crippen LogP contribution is -2.16. The van der Waals surface area contributed by atoms with E-state index in [2.05, 4.69) is 183 Å². The first-order chi connectivity index (χ1) is 26.5. The molecule has 12 rings (SSSR count). The molecule has 0 N–H and O–H groups in total. The average molecular weight is 692 g/mol. The predicted octanol–water partition coefficient (Wildman–Crippen LogP) is 14.7. The van der Waals surface area contributed by atoms with E-state index in [9.17, 15) is 0 Å². The van der Waals surface area contributed by atoms with E-state index < -0.39 is 0 Å². The van der Waals surface area contributed by atoms with E-state index in [4.69, 9.17) is 8.83 Å². The predicted molar refractivity (Wildman–Crippen MR) is 225 cm³/mol. The van der Waals surface area contributed by atoms with Gasteiger partial charge in [-0.05, 0) is 110 Å². The van der Waals surface area contributed by atoms with Gasteiger partial charge in [0.2, 0.25) is 0 Å². The van der Waals surface area contributed by atoms with Gasteiger partial charge < -0.3 is 13.7 Å². The molecule has 1 aliphatic carbocycles. The number of fused-ring (bicyclic) bond motifs is 9. The van der Waals surface area contributed by atoms with E-state index in [-0.39, 0.29) is 5.41 Å². The fourth-order valence-electron chi connectivity index (χ4n) is 9.49. The maximum absolute atomic E-state index is 6.67.